The lowest BCUT2D eigenvalue weighted by Gasteiger charge is -2.13. The van der Waals surface area contributed by atoms with Crippen LogP contribution in [0.5, 0.6) is 0 Å². The van der Waals surface area contributed by atoms with Gasteiger partial charge in [0.15, 0.2) is 5.65 Å². The van der Waals surface area contributed by atoms with E-state index >= 15 is 0 Å². The Morgan fingerprint density at radius 3 is 2.54 bits per heavy atom. The number of benzene rings is 1. The zero-order chi connectivity index (χ0) is 17.4. The highest BCUT2D eigenvalue weighted by Gasteiger charge is 2.19. The van der Waals surface area contributed by atoms with Crippen molar-refractivity contribution in [2.24, 2.45) is 5.73 Å². The first-order valence-corrected chi connectivity index (χ1v) is 7.38. The van der Waals surface area contributed by atoms with E-state index in [0.717, 1.165) is 5.56 Å². The number of nitrogens with two attached hydrogens (primary N) is 1. The summed E-state index contributed by atoms with van der Waals surface area (Å²) in [6.45, 7) is 3.82. The fourth-order valence-corrected chi connectivity index (χ4v) is 2.68. The Morgan fingerprint density at radius 1 is 1.33 bits per heavy atom. The third-order valence-electron chi connectivity index (χ3n) is 3.86. The largest absolute Gasteiger partial charge is 0.366 e. The van der Waals surface area contributed by atoms with E-state index in [1.54, 1.807) is 24.3 Å². The predicted molar refractivity (Wildman–Crippen MR) is 88.6 cm³/mol. The zero-order valence-electron chi connectivity index (χ0n) is 13.2. The minimum atomic E-state index is -0.517. The molecule has 120 valence electrons. The topological polar surface area (TPSA) is 117 Å². The van der Waals surface area contributed by atoms with Crippen LogP contribution in [0.1, 0.15) is 41.3 Å². The van der Waals surface area contributed by atoms with Crippen molar-refractivity contribution in [2.45, 2.75) is 19.8 Å². The van der Waals surface area contributed by atoms with E-state index in [2.05, 4.69) is 10.1 Å². The Bertz CT molecular complexity index is 1040. The standard InChI is InChI=1S/C17H15N5O2/c1-9(2)13-14(10-3-5-11(6-4-10)15(19)23)21-16-12(7-18)8-20-22(16)17(13)24/h3-6,8-9,21H,1-2H3,(H2,19,23). The van der Waals surface area contributed by atoms with Gasteiger partial charge in [0, 0.05) is 11.1 Å². The summed E-state index contributed by atoms with van der Waals surface area (Å²) in [5.74, 6) is -0.573. The summed E-state index contributed by atoms with van der Waals surface area (Å²) in [6, 6.07) is 8.66. The highest BCUT2D eigenvalue weighted by molar-refractivity contribution is 5.93. The van der Waals surface area contributed by atoms with Gasteiger partial charge in [-0.1, -0.05) is 26.0 Å². The summed E-state index contributed by atoms with van der Waals surface area (Å²) in [6.07, 6.45) is 1.36. The Kier molecular flexibility index (Phi) is 3.66. The van der Waals surface area contributed by atoms with Crippen LogP contribution in [0, 0.1) is 11.3 Å². The van der Waals surface area contributed by atoms with Crippen LogP contribution in [0.25, 0.3) is 16.9 Å². The van der Waals surface area contributed by atoms with Gasteiger partial charge in [0.1, 0.15) is 11.6 Å². The molecule has 0 spiro atoms. The maximum absolute atomic E-state index is 12.8. The van der Waals surface area contributed by atoms with Crippen molar-refractivity contribution < 1.29 is 4.79 Å². The second-order valence-corrected chi connectivity index (χ2v) is 5.75. The van der Waals surface area contributed by atoms with Gasteiger partial charge >= 0.3 is 0 Å². The van der Waals surface area contributed by atoms with E-state index in [-0.39, 0.29) is 17.0 Å². The van der Waals surface area contributed by atoms with Crippen LogP contribution in [-0.2, 0) is 0 Å². The van der Waals surface area contributed by atoms with Crippen molar-refractivity contribution in [1.82, 2.24) is 14.6 Å². The van der Waals surface area contributed by atoms with Crippen LogP contribution in [0.15, 0.2) is 35.3 Å². The number of nitriles is 1. The maximum atomic E-state index is 12.8. The lowest BCUT2D eigenvalue weighted by atomic mass is 9.97. The predicted octanol–water partition coefficient (Wildman–Crippen LogP) is 1.78. The molecular weight excluding hydrogens is 306 g/mol. The molecule has 0 radical (unpaired) electrons. The van der Waals surface area contributed by atoms with Crippen molar-refractivity contribution in [2.75, 3.05) is 0 Å². The number of rotatable bonds is 3. The van der Waals surface area contributed by atoms with E-state index in [1.165, 1.54) is 10.7 Å². The Hall–Kier alpha value is -3.40. The fraction of sp³-hybridized carbons (Fsp3) is 0.176. The molecule has 0 bridgehead atoms. The minimum Gasteiger partial charge on any atom is -0.366 e. The van der Waals surface area contributed by atoms with E-state index in [1.807, 2.05) is 19.9 Å². The second-order valence-electron chi connectivity index (χ2n) is 5.75. The highest BCUT2D eigenvalue weighted by atomic mass is 16.1. The minimum absolute atomic E-state index is 0.0568. The zero-order valence-corrected chi connectivity index (χ0v) is 13.2. The second kappa shape index (κ2) is 5.66. The molecule has 7 heteroatoms. The number of aromatic nitrogens is 3. The first-order valence-electron chi connectivity index (χ1n) is 7.38. The van der Waals surface area contributed by atoms with Gasteiger partial charge in [-0.25, -0.2) is 0 Å². The number of aromatic amines is 1. The highest BCUT2D eigenvalue weighted by Crippen LogP contribution is 2.26. The van der Waals surface area contributed by atoms with Crippen molar-refractivity contribution >= 4 is 11.6 Å². The summed E-state index contributed by atoms with van der Waals surface area (Å²) in [5, 5.41) is 13.2. The molecule has 0 saturated carbocycles. The number of hydrogen-bond acceptors (Lipinski definition) is 4. The number of amides is 1. The molecular formula is C17H15N5O2. The third-order valence-corrected chi connectivity index (χ3v) is 3.86. The molecule has 0 fully saturated rings. The molecule has 3 N–H and O–H groups in total. The molecule has 0 saturated heterocycles. The molecule has 1 amide bonds. The molecule has 24 heavy (non-hydrogen) atoms. The average Bonchev–Trinajstić information content (AvgIpc) is 2.97. The molecule has 0 atom stereocenters. The van der Waals surface area contributed by atoms with Gasteiger partial charge in [0.05, 0.1) is 11.9 Å². The first kappa shape index (κ1) is 15.5. The van der Waals surface area contributed by atoms with Crippen LogP contribution >= 0.6 is 0 Å². The van der Waals surface area contributed by atoms with Crippen LogP contribution < -0.4 is 11.3 Å². The Labute approximate surface area is 137 Å². The third kappa shape index (κ3) is 2.34. The molecule has 0 aliphatic carbocycles. The van der Waals surface area contributed by atoms with Gasteiger partial charge in [-0.15, -0.1) is 0 Å². The molecule has 3 rings (SSSR count). The van der Waals surface area contributed by atoms with Gasteiger partial charge in [-0.3, -0.25) is 9.59 Å². The summed E-state index contributed by atoms with van der Waals surface area (Å²) < 4.78 is 1.20. The quantitative estimate of drug-likeness (QED) is 0.764. The molecule has 0 aliphatic heterocycles. The number of fused-ring (bicyclic) bond motifs is 1. The Balaban J connectivity index is 2.33. The van der Waals surface area contributed by atoms with Crippen LogP contribution in [0.3, 0.4) is 0 Å². The normalized spacial score (nSPS) is 10.9. The molecule has 3 aromatic rings. The number of nitrogens with zero attached hydrogens (tertiary/aromatic N) is 3. The molecule has 2 aromatic heterocycles. The summed E-state index contributed by atoms with van der Waals surface area (Å²) in [5.41, 5.74) is 7.91. The van der Waals surface area contributed by atoms with Crippen LogP contribution in [0.2, 0.25) is 0 Å². The lowest BCUT2D eigenvalue weighted by molar-refractivity contribution is 0.100. The van der Waals surface area contributed by atoms with Crippen molar-refractivity contribution in [1.29, 1.82) is 5.26 Å². The molecule has 0 aliphatic rings. The first-order chi connectivity index (χ1) is 11.4. The molecule has 2 heterocycles. The fourth-order valence-electron chi connectivity index (χ4n) is 2.68. The van der Waals surface area contributed by atoms with E-state index in [9.17, 15) is 14.9 Å². The van der Waals surface area contributed by atoms with Crippen molar-refractivity contribution in [3.8, 4) is 17.3 Å². The number of primary amides is 1. The van der Waals surface area contributed by atoms with Crippen molar-refractivity contribution in [3.05, 3.63) is 57.5 Å². The van der Waals surface area contributed by atoms with Gasteiger partial charge in [-0.05, 0) is 23.6 Å². The van der Waals surface area contributed by atoms with Gasteiger partial charge in [-0.2, -0.15) is 14.9 Å². The molecule has 1 aromatic carbocycles. The smallest absolute Gasteiger partial charge is 0.278 e. The summed E-state index contributed by atoms with van der Waals surface area (Å²) in [7, 11) is 0. The van der Waals surface area contributed by atoms with Crippen LogP contribution in [0.4, 0.5) is 0 Å². The average molecular weight is 321 g/mol. The van der Waals surface area contributed by atoms with Gasteiger partial charge in [0.25, 0.3) is 5.56 Å². The van der Waals surface area contributed by atoms with Gasteiger partial charge in [0.2, 0.25) is 5.91 Å². The maximum Gasteiger partial charge on any atom is 0.278 e. The van der Waals surface area contributed by atoms with E-state index in [4.69, 9.17) is 5.73 Å². The lowest BCUT2D eigenvalue weighted by Crippen LogP contribution is -2.22. The molecule has 7 nitrogen and oxygen atoms in total. The SMILES string of the molecule is CC(C)c1c(-c2ccc(C(N)=O)cc2)[nH]c2c(C#N)cnn2c1=O. The van der Waals surface area contributed by atoms with Crippen molar-refractivity contribution in [3.63, 3.8) is 0 Å². The van der Waals surface area contributed by atoms with E-state index in [0.29, 0.717) is 22.5 Å². The summed E-state index contributed by atoms with van der Waals surface area (Å²) in [4.78, 5) is 27.1. The number of carbonyl (C=O) groups excluding carboxylic acids is 1. The van der Waals surface area contributed by atoms with Gasteiger partial charge < -0.3 is 10.7 Å². The number of nitrogens with one attached hydrogen (secondary N) is 1. The van der Waals surface area contributed by atoms with Crippen LogP contribution in [-0.4, -0.2) is 20.5 Å². The number of carbonyl (C=O) groups is 1. The monoisotopic (exact) mass is 321 g/mol. The van der Waals surface area contributed by atoms with E-state index < -0.39 is 5.91 Å². The summed E-state index contributed by atoms with van der Waals surface area (Å²) >= 11 is 0. The molecule has 0 unspecified atom stereocenters. The Morgan fingerprint density at radius 2 is 2.00 bits per heavy atom. The number of H-pyrrole nitrogens is 1. The number of hydrogen-bond donors (Lipinski definition) is 2.